The van der Waals surface area contributed by atoms with E-state index in [1.165, 1.54) is 5.56 Å². The quantitative estimate of drug-likeness (QED) is 0.0615. The number of carbonyl (C=O) groups excluding carboxylic acids is 1. The number of aryl methyl sites for hydroxylation is 4. The van der Waals surface area contributed by atoms with Crippen LogP contribution in [0.25, 0.3) is 38.6 Å². The number of carbonyl (C=O) groups is 1. The van der Waals surface area contributed by atoms with Gasteiger partial charge < -0.3 is 29.5 Å². The fourth-order valence-electron chi connectivity index (χ4n) is 7.58. The van der Waals surface area contributed by atoms with Crippen LogP contribution in [0.3, 0.4) is 0 Å². The number of hydrogen-bond donors (Lipinski definition) is 2. The summed E-state index contributed by atoms with van der Waals surface area (Å²) in [5, 5.41) is 16.6. The summed E-state index contributed by atoms with van der Waals surface area (Å²) in [6.45, 7) is 10.4. The van der Waals surface area contributed by atoms with E-state index < -0.39 is 0 Å². The standard InChI is InChI=1S/C45H51Cl2N7O2/c1-9-34(30(4)51-52(6)7)41-39(46)14-13-36-35(11-10-22-56-33-23-28(2)42(47)29(3)24-33)43(54(44(36)41)21-20-48-5)38-27-53(8)40-15-12-32(25-37(38)40)45(55)50-26-31-16-18-49-19-17-31/h9,12-19,23-25,27,48H,10-11,20-22,26H2,1-8H3,(H,50,55)/b34-9-,51-30-. The number of pyridine rings is 1. The smallest absolute Gasteiger partial charge is 0.251 e. The number of nitrogens with one attached hydrogen (secondary N) is 2. The van der Waals surface area contributed by atoms with Gasteiger partial charge in [0, 0.05) is 103 Å². The molecule has 0 saturated heterocycles. The Morgan fingerprint density at radius 1 is 1.02 bits per heavy atom. The first-order chi connectivity index (χ1) is 26.9. The van der Waals surface area contributed by atoms with Crippen molar-refractivity contribution in [2.24, 2.45) is 12.1 Å². The van der Waals surface area contributed by atoms with Crippen LogP contribution in [0.15, 0.2) is 84.4 Å². The molecule has 1 amide bonds. The number of ether oxygens (including phenoxy) is 1. The van der Waals surface area contributed by atoms with Crippen molar-refractivity contribution in [3.8, 4) is 17.0 Å². The van der Waals surface area contributed by atoms with Gasteiger partial charge in [0.25, 0.3) is 5.91 Å². The summed E-state index contributed by atoms with van der Waals surface area (Å²) in [6.07, 6.45) is 9.24. The number of amides is 1. The molecule has 0 bridgehead atoms. The van der Waals surface area contributed by atoms with Gasteiger partial charge in [0.2, 0.25) is 0 Å². The number of allylic oxidation sites excluding steroid dienone is 2. The number of likely N-dealkylation sites (N-methyl/N-ethyl adjacent to an activating group) is 1. The SMILES string of the molecule is C/C=C(/C(C)=N\N(C)C)c1c(Cl)ccc2c(CCCOc3cc(C)c(Cl)c(C)c3)c(-c3cn(C)c4ccc(C(=O)NCc5ccncc5)cc34)n(CCNC)c12. The second-order valence-corrected chi connectivity index (χ2v) is 15.2. The molecule has 0 radical (unpaired) electrons. The normalized spacial score (nSPS) is 12.2. The highest BCUT2D eigenvalue weighted by atomic mass is 35.5. The molecular formula is C45H51Cl2N7O2. The molecule has 6 rings (SSSR count). The Balaban J connectivity index is 1.53. The van der Waals surface area contributed by atoms with E-state index in [1.54, 1.807) is 12.4 Å². The average molecular weight is 793 g/mol. The van der Waals surface area contributed by atoms with E-state index in [0.717, 1.165) is 96.8 Å². The van der Waals surface area contributed by atoms with Crippen LogP contribution >= 0.6 is 23.2 Å². The van der Waals surface area contributed by atoms with Crippen molar-refractivity contribution in [1.29, 1.82) is 0 Å². The van der Waals surface area contributed by atoms with Gasteiger partial charge in [0.1, 0.15) is 5.75 Å². The summed E-state index contributed by atoms with van der Waals surface area (Å²) in [6, 6.07) is 17.9. The topological polar surface area (TPSA) is 88.7 Å². The summed E-state index contributed by atoms with van der Waals surface area (Å²) in [5.74, 6) is 0.675. The molecule has 2 N–H and O–H groups in total. The van der Waals surface area contributed by atoms with Gasteiger partial charge in [-0.25, -0.2) is 0 Å². The number of hydrazone groups is 1. The number of benzene rings is 3. The molecule has 56 heavy (non-hydrogen) atoms. The monoisotopic (exact) mass is 791 g/mol. The minimum Gasteiger partial charge on any atom is -0.494 e. The first-order valence-corrected chi connectivity index (χ1v) is 19.7. The van der Waals surface area contributed by atoms with E-state index in [-0.39, 0.29) is 5.91 Å². The molecule has 292 valence electrons. The summed E-state index contributed by atoms with van der Waals surface area (Å²) in [7, 11) is 7.87. The summed E-state index contributed by atoms with van der Waals surface area (Å²) < 4.78 is 10.9. The molecule has 0 atom stereocenters. The lowest BCUT2D eigenvalue weighted by atomic mass is 9.96. The molecule has 9 nitrogen and oxygen atoms in total. The van der Waals surface area contributed by atoms with Crippen LogP contribution < -0.4 is 15.4 Å². The first-order valence-electron chi connectivity index (χ1n) is 19.0. The largest absolute Gasteiger partial charge is 0.494 e. The minimum absolute atomic E-state index is 0.137. The average Bonchev–Trinajstić information content (AvgIpc) is 3.67. The van der Waals surface area contributed by atoms with E-state index in [4.69, 9.17) is 33.0 Å². The Morgan fingerprint density at radius 2 is 1.75 bits per heavy atom. The molecule has 6 aromatic rings. The Morgan fingerprint density at radius 3 is 2.43 bits per heavy atom. The van der Waals surface area contributed by atoms with Crippen molar-refractivity contribution in [1.82, 2.24) is 29.8 Å². The number of aromatic nitrogens is 3. The van der Waals surface area contributed by atoms with Crippen molar-refractivity contribution in [2.45, 2.75) is 53.6 Å². The maximum atomic E-state index is 13.6. The highest BCUT2D eigenvalue weighted by Gasteiger charge is 2.26. The van der Waals surface area contributed by atoms with E-state index in [1.807, 2.05) is 102 Å². The highest BCUT2D eigenvalue weighted by molar-refractivity contribution is 6.37. The Bertz CT molecular complexity index is 2420. The molecule has 0 unspecified atom stereocenters. The maximum Gasteiger partial charge on any atom is 0.251 e. The van der Waals surface area contributed by atoms with E-state index >= 15 is 0 Å². The zero-order valence-corrected chi connectivity index (χ0v) is 35.1. The number of halogens is 2. The molecule has 3 aromatic carbocycles. The zero-order chi connectivity index (χ0) is 40.1. The molecule has 0 fully saturated rings. The molecule has 3 heterocycles. The van der Waals surface area contributed by atoms with Crippen molar-refractivity contribution in [3.63, 3.8) is 0 Å². The first kappa shape index (κ1) is 40.6. The number of hydrogen-bond acceptors (Lipinski definition) is 6. The van der Waals surface area contributed by atoms with Crippen LogP contribution in [0.5, 0.6) is 5.75 Å². The summed E-state index contributed by atoms with van der Waals surface area (Å²) in [5.41, 5.74) is 11.8. The van der Waals surface area contributed by atoms with Crippen LogP contribution in [0.4, 0.5) is 0 Å². The molecule has 0 spiro atoms. The Kier molecular flexibility index (Phi) is 12.9. The number of fused-ring (bicyclic) bond motifs is 2. The second-order valence-electron chi connectivity index (χ2n) is 14.4. The molecule has 0 saturated carbocycles. The van der Waals surface area contributed by atoms with E-state index in [9.17, 15) is 4.79 Å². The van der Waals surface area contributed by atoms with Crippen LogP contribution in [0.1, 0.15) is 58.4 Å². The van der Waals surface area contributed by atoms with Crippen molar-refractivity contribution >= 4 is 62.2 Å². The van der Waals surface area contributed by atoms with E-state index in [0.29, 0.717) is 30.3 Å². The maximum absolute atomic E-state index is 13.6. The summed E-state index contributed by atoms with van der Waals surface area (Å²) in [4.78, 5) is 17.7. The summed E-state index contributed by atoms with van der Waals surface area (Å²) >= 11 is 13.7. The van der Waals surface area contributed by atoms with Gasteiger partial charge >= 0.3 is 0 Å². The van der Waals surface area contributed by atoms with Crippen molar-refractivity contribution in [3.05, 3.63) is 123 Å². The predicted molar refractivity (Wildman–Crippen MR) is 233 cm³/mol. The van der Waals surface area contributed by atoms with Gasteiger partial charge in [-0.3, -0.25) is 9.78 Å². The predicted octanol–water partition coefficient (Wildman–Crippen LogP) is 9.62. The molecule has 0 aliphatic rings. The van der Waals surface area contributed by atoms with Gasteiger partial charge in [0.05, 0.1) is 28.6 Å². The zero-order valence-electron chi connectivity index (χ0n) is 33.6. The minimum atomic E-state index is -0.137. The van der Waals surface area contributed by atoms with Crippen LogP contribution in [0.2, 0.25) is 10.0 Å². The molecule has 0 aliphatic heterocycles. The molecule has 11 heteroatoms. The second kappa shape index (κ2) is 17.8. The fraction of sp³-hybridized carbons (Fsp3) is 0.311. The van der Waals surface area contributed by atoms with Gasteiger partial charge in [-0.05, 0) is 118 Å². The Hall–Kier alpha value is -5.09. The van der Waals surface area contributed by atoms with Gasteiger partial charge in [0.15, 0.2) is 0 Å². The lowest BCUT2D eigenvalue weighted by molar-refractivity contribution is 0.0951. The fourth-order valence-corrected chi connectivity index (χ4v) is 7.94. The molecular weight excluding hydrogens is 741 g/mol. The molecule has 0 aliphatic carbocycles. The van der Waals surface area contributed by atoms with E-state index in [2.05, 4.69) is 50.1 Å². The lowest BCUT2D eigenvalue weighted by Gasteiger charge is -2.17. The lowest BCUT2D eigenvalue weighted by Crippen LogP contribution is -2.22. The van der Waals surface area contributed by atoms with Crippen molar-refractivity contribution in [2.75, 3.05) is 34.3 Å². The number of rotatable bonds is 15. The van der Waals surface area contributed by atoms with Gasteiger partial charge in [-0.2, -0.15) is 5.10 Å². The third-order valence-corrected chi connectivity index (χ3v) is 11.0. The Labute approximate surface area is 340 Å². The van der Waals surface area contributed by atoms with Gasteiger partial charge in [-0.1, -0.05) is 35.3 Å². The van der Waals surface area contributed by atoms with Crippen molar-refractivity contribution < 1.29 is 9.53 Å². The van der Waals surface area contributed by atoms with Crippen LogP contribution in [-0.2, 0) is 26.6 Å². The van der Waals surface area contributed by atoms with Crippen LogP contribution in [0, 0.1) is 13.8 Å². The highest BCUT2D eigenvalue weighted by Crippen LogP contribution is 2.43. The van der Waals surface area contributed by atoms with Crippen LogP contribution in [-0.4, -0.2) is 65.0 Å². The number of nitrogens with zero attached hydrogens (tertiary/aromatic N) is 5. The van der Waals surface area contributed by atoms with Gasteiger partial charge in [-0.15, -0.1) is 0 Å². The third kappa shape index (κ3) is 8.50. The molecule has 3 aromatic heterocycles. The third-order valence-electron chi connectivity index (χ3n) is 10.1.